The van der Waals surface area contributed by atoms with Gasteiger partial charge in [0.05, 0.1) is 11.5 Å². The zero-order valence-electron chi connectivity index (χ0n) is 17.8. The maximum atomic E-state index is 12.4. The Kier molecular flexibility index (Phi) is 7.87. The van der Waals surface area contributed by atoms with E-state index < -0.39 is 9.84 Å². The number of aryl methyl sites for hydroxylation is 1. The average molecular weight is 478 g/mol. The molecule has 8 nitrogen and oxygen atoms in total. The van der Waals surface area contributed by atoms with E-state index in [-0.39, 0.29) is 17.2 Å². The normalized spacial score (nSPS) is 11.3. The standard InChI is InChI=1S/C22H24ClN3O5S/c1-26(13-4-14-30-18-5-3-6-19(15-18)32(2,28)29)21(27)12-11-20-24-22(25-31-20)16-7-9-17(23)10-8-16/h3,5-10,15H,4,11-14H2,1-2H3. The molecule has 2 aromatic carbocycles. The third-order valence-electron chi connectivity index (χ3n) is 4.69. The second-order valence-corrected chi connectivity index (χ2v) is 9.74. The Labute approximate surface area is 192 Å². The predicted octanol–water partition coefficient (Wildman–Crippen LogP) is 3.65. The SMILES string of the molecule is CN(CCCOc1cccc(S(C)(=O)=O)c1)C(=O)CCc1nc(-c2ccc(Cl)cc2)no1. The number of carbonyl (C=O) groups is 1. The molecule has 3 rings (SSSR count). The predicted molar refractivity (Wildman–Crippen MR) is 120 cm³/mol. The highest BCUT2D eigenvalue weighted by molar-refractivity contribution is 7.90. The summed E-state index contributed by atoms with van der Waals surface area (Å²) in [6, 6.07) is 13.5. The van der Waals surface area contributed by atoms with Gasteiger partial charge in [-0.3, -0.25) is 4.79 Å². The second-order valence-electron chi connectivity index (χ2n) is 7.28. The summed E-state index contributed by atoms with van der Waals surface area (Å²) in [6.07, 6.45) is 2.35. The molecule has 1 amide bonds. The summed E-state index contributed by atoms with van der Waals surface area (Å²) >= 11 is 5.88. The molecule has 10 heteroatoms. The molecule has 32 heavy (non-hydrogen) atoms. The number of sulfone groups is 1. The number of rotatable bonds is 10. The van der Waals surface area contributed by atoms with Crippen LogP contribution in [-0.2, 0) is 21.1 Å². The number of hydrogen-bond donors (Lipinski definition) is 0. The summed E-state index contributed by atoms with van der Waals surface area (Å²) in [5, 5.41) is 4.57. The Morgan fingerprint density at radius 2 is 1.94 bits per heavy atom. The number of nitrogens with zero attached hydrogens (tertiary/aromatic N) is 3. The molecule has 0 radical (unpaired) electrons. The summed E-state index contributed by atoms with van der Waals surface area (Å²) < 4.78 is 34.1. The third-order valence-corrected chi connectivity index (χ3v) is 6.05. The fourth-order valence-corrected chi connectivity index (χ4v) is 3.67. The van der Waals surface area contributed by atoms with Crippen LogP contribution >= 0.6 is 11.6 Å². The highest BCUT2D eigenvalue weighted by Crippen LogP contribution is 2.19. The second kappa shape index (κ2) is 10.6. The van der Waals surface area contributed by atoms with Crippen molar-refractivity contribution in [1.29, 1.82) is 0 Å². The van der Waals surface area contributed by atoms with Crippen molar-refractivity contribution < 1.29 is 22.5 Å². The molecule has 0 N–H and O–H groups in total. The summed E-state index contributed by atoms with van der Waals surface area (Å²) in [4.78, 5) is 18.5. The maximum Gasteiger partial charge on any atom is 0.227 e. The Morgan fingerprint density at radius 1 is 1.19 bits per heavy atom. The summed E-state index contributed by atoms with van der Waals surface area (Å²) in [5.74, 6) is 1.28. The van der Waals surface area contributed by atoms with Crippen LogP contribution in [0.5, 0.6) is 5.75 Å². The van der Waals surface area contributed by atoms with Crippen molar-refractivity contribution in [3.05, 3.63) is 59.4 Å². The number of ether oxygens (including phenoxy) is 1. The summed E-state index contributed by atoms with van der Waals surface area (Å²) in [7, 11) is -1.56. The molecule has 0 saturated carbocycles. The van der Waals surface area contributed by atoms with E-state index in [9.17, 15) is 13.2 Å². The van der Waals surface area contributed by atoms with Gasteiger partial charge in [0, 0.05) is 43.3 Å². The van der Waals surface area contributed by atoms with Crippen molar-refractivity contribution in [2.45, 2.75) is 24.2 Å². The van der Waals surface area contributed by atoms with Crippen LogP contribution in [0.15, 0.2) is 57.9 Å². The van der Waals surface area contributed by atoms with E-state index in [2.05, 4.69) is 10.1 Å². The van der Waals surface area contributed by atoms with E-state index >= 15 is 0 Å². The molecule has 0 unspecified atom stereocenters. The Hall–Kier alpha value is -2.91. The van der Waals surface area contributed by atoms with Crippen LogP contribution in [0.4, 0.5) is 0 Å². The molecule has 0 aliphatic heterocycles. The van der Waals surface area contributed by atoms with Crippen LogP contribution in [0.25, 0.3) is 11.4 Å². The van der Waals surface area contributed by atoms with E-state index in [1.54, 1.807) is 48.3 Å². The minimum absolute atomic E-state index is 0.0460. The molecule has 0 bridgehead atoms. The van der Waals surface area contributed by atoms with Gasteiger partial charge in [-0.15, -0.1) is 0 Å². The van der Waals surface area contributed by atoms with Gasteiger partial charge in [0.15, 0.2) is 9.84 Å². The third kappa shape index (κ3) is 6.80. The van der Waals surface area contributed by atoms with Gasteiger partial charge in [-0.1, -0.05) is 22.8 Å². The Morgan fingerprint density at radius 3 is 2.66 bits per heavy atom. The van der Waals surface area contributed by atoms with Gasteiger partial charge in [0.2, 0.25) is 17.6 Å². The number of halogens is 1. The van der Waals surface area contributed by atoms with Crippen molar-refractivity contribution in [3.8, 4) is 17.1 Å². The van der Waals surface area contributed by atoms with Crippen molar-refractivity contribution in [2.75, 3.05) is 26.5 Å². The van der Waals surface area contributed by atoms with Gasteiger partial charge in [0.25, 0.3) is 0 Å². The molecule has 0 spiro atoms. The maximum absolute atomic E-state index is 12.4. The van der Waals surface area contributed by atoms with E-state index in [4.69, 9.17) is 20.9 Å². The molecule has 1 heterocycles. The topological polar surface area (TPSA) is 103 Å². The van der Waals surface area contributed by atoms with E-state index in [1.807, 2.05) is 0 Å². The lowest BCUT2D eigenvalue weighted by Gasteiger charge is -2.17. The van der Waals surface area contributed by atoms with E-state index in [1.165, 1.54) is 12.1 Å². The van der Waals surface area contributed by atoms with Crippen LogP contribution in [0, 0.1) is 0 Å². The molecule has 0 aliphatic carbocycles. The fourth-order valence-electron chi connectivity index (χ4n) is 2.89. The largest absolute Gasteiger partial charge is 0.493 e. The quantitative estimate of drug-likeness (QED) is 0.410. The first-order chi connectivity index (χ1) is 15.2. The molecular weight excluding hydrogens is 454 g/mol. The first-order valence-corrected chi connectivity index (χ1v) is 12.2. The number of aromatic nitrogens is 2. The molecule has 170 valence electrons. The Bertz CT molecular complexity index is 1160. The molecule has 1 aromatic heterocycles. The minimum Gasteiger partial charge on any atom is -0.493 e. The fraction of sp³-hybridized carbons (Fsp3) is 0.318. The highest BCUT2D eigenvalue weighted by Gasteiger charge is 2.14. The molecular formula is C22H24ClN3O5S. The average Bonchev–Trinajstić information content (AvgIpc) is 3.24. The van der Waals surface area contributed by atoms with Gasteiger partial charge in [-0.25, -0.2) is 8.42 Å². The highest BCUT2D eigenvalue weighted by atomic mass is 35.5. The van der Waals surface area contributed by atoms with Crippen molar-refractivity contribution in [2.24, 2.45) is 0 Å². The first-order valence-electron chi connectivity index (χ1n) is 9.98. The van der Waals surface area contributed by atoms with Crippen LogP contribution in [-0.4, -0.2) is 55.8 Å². The van der Waals surface area contributed by atoms with Crippen LogP contribution in [0.1, 0.15) is 18.7 Å². The molecule has 3 aromatic rings. The van der Waals surface area contributed by atoms with Crippen LogP contribution in [0.3, 0.4) is 0 Å². The molecule has 0 aliphatic rings. The van der Waals surface area contributed by atoms with Gasteiger partial charge in [0.1, 0.15) is 5.75 Å². The number of amides is 1. The smallest absolute Gasteiger partial charge is 0.227 e. The van der Waals surface area contributed by atoms with Gasteiger partial charge >= 0.3 is 0 Å². The summed E-state index contributed by atoms with van der Waals surface area (Å²) in [5.41, 5.74) is 0.787. The minimum atomic E-state index is -3.28. The van der Waals surface area contributed by atoms with Crippen LogP contribution < -0.4 is 4.74 Å². The molecule has 0 fully saturated rings. The van der Waals surface area contributed by atoms with E-state index in [0.717, 1.165) is 11.8 Å². The van der Waals surface area contributed by atoms with E-state index in [0.29, 0.717) is 48.5 Å². The van der Waals surface area contributed by atoms with Gasteiger partial charge in [-0.2, -0.15) is 4.98 Å². The monoisotopic (exact) mass is 477 g/mol. The van der Waals surface area contributed by atoms with Crippen molar-refractivity contribution >= 4 is 27.3 Å². The molecule has 0 saturated heterocycles. The lowest BCUT2D eigenvalue weighted by atomic mass is 10.2. The van der Waals surface area contributed by atoms with Crippen LogP contribution in [0.2, 0.25) is 5.02 Å². The number of carbonyl (C=O) groups excluding carboxylic acids is 1. The van der Waals surface area contributed by atoms with Crippen molar-refractivity contribution in [3.63, 3.8) is 0 Å². The first kappa shape index (κ1) is 23.7. The number of benzene rings is 2. The Balaban J connectivity index is 1.40. The lowest BCUT2D eigenvalue weighted by Crippen LogP contribution is -2.28. The van der Waals surface area contributed by atoms with Gasteiger partial charge in [-0.05, 0) is 48.9 Å². The molecule has 0 atom stereocenters. The number of hydrogen-bond acceptors (Lipinski definition) is 7. The zero-order valence-corrected chi connectivity index (χ0v) is 19.4. The van der Waals surface area contributed by atoms with Crippen molar-refractivity contribution in [1.82, 2.24) is 15.0 Å². The summed E-state index contributed by atoms with van der Waals surface area (Å²) in [6.45, 7) is 0.864. The van der Waals surface area contributed by atoms with Gasteiger partial charge < -0.3 is 14.2 Å². The zero-order chi connectivity index (χ0) is 23.1. The lowest BCUT2D eigenvalue weighted by molar-refractivity contribution is -0.130.